The third kappa shape index (κ3) is 3.60. The van der Waals surface area contributed by atoms with Gasteiger partial charge in [0.05, 0.1) is 18.2 Å². The highest BCUT2D eigenvalue weighted by Gasteiger charge is 2.09. The highest BCUT2D eigenvalue weighted by atomic mass is 32.1. The van der Waals surface area contributed by atoms with Crippen molar-refractivity contribution in [2.75, 3.05) is 13.7 Å². The molecule has 26 heavy (non-hydrogen) atoms. The largest absolute Gasteiger partial charge is 0.493 e. The van der Waals surface area contributed by atoms with Crippen molar-refractivity contribution in [3.05, 3.63) is 54.7 Å². The summed E-state index contributed by atoms with van der Waals surface area (Å²) in [5.41, 5.74) is 0.253. The molecule has 0 atom stereocenters. The summed E-state index contributed by atoms with van der Waals surface area (Å²) in [6.07, 6.45) is 3.74. The molecule has 0 unspecified atom stereocenters. The van der Waals surface area contributed by atoms with Crippen LogP contribution in [0.3, 0.4) is 0 Å². The first kappa shape index (κ1) is 18.1. The lowest BCUT2D eigenvalue weighted by molar-refractivity contribution is 0.288. The lowest BCUT2D eigenvalue weighted by Gasteiger charge is -2.10. The van der Waals surface area contributed by atoms with Gasteiger partial charge in [0.15, 0.2) is 11.5 Å². The van der Waals surface area contributed by atoms with Crippen LogP contribution in [0.15, 0.2) is 27.8 Å². The SMILES string of the molecule is CCCCOc1ccc(C=c2sc3nc(=O)c(C)nn3c2=O)cc1OC. The molecule has 0 spiro atoms. The number of aryl methyl sites for hydroxylation is 1. The predicted octanol–water partition coefficient (Wildman–Crippen LogP) is 1.55. The normalized spacial score (nSPS) is 11.9. The summed E-state index contributed by atoms with van der Waals surface area (Å²) in [5, 5.41) is 4.00. The van der Waals surface area contributed by atoms with Gasteiger partial charge >= 0.3 is 0 Å². The van der Waals surface area contributed by atoms with Gasteiger partial charge in [0.25, 0.3) is 11.1 Å². The van der Waals surface area contributed by atoms with E-state index in [2.05, 4.69) is 17.0 Å². The summed E-state index contributed by atoms with van der Waals surface area (Å²) >= 11 is 1.13. The second-order valence-electron chi connectivity index (χ2n) is 5.72. The van der Waals surface area contributed by atoms with Crippen LogP contribution in [0.25, 0.3) is 11.0 Å². The molecule has 7 nitrogen and oxygen atoms in total. The Kier molecular flexibility index (Phi) is 5.32. The molecule has 3 aromatic rings. The summed E-state index contributed by atoms with van der Waals surface area (Å²) in [5.74, 6) is 1.27. The second-order valence-corrected chi connectivity index (χ2v) is 6.73. The molecule has 1 aromatic carbocycles. The van der Waals surface area contributed by atoms with E-state index in [1.807, 2.05) is 12.1 Å². The molecule has 0 saturated heterocycles. The molecule has 0 N–H and O–H groups in total. The molecule has 0 bridgehead atoms. The predicted molar refractivity (Wildman–Crippen MR) is 100 cm³/mol. The lowest BCUT2D eigenvalue weighted by Crippen LogP contribution is -2.27. The van der Waals surface area contributed by atoms with Crippen molar-refractivity contribution in [1.82, 2.24) is 14.6 Å². The zero-order valence-electron chi connectivity index (χ0n) is 14.8. The molecule has 0 aliphatic heterocycles. The monoisotopic (exact) mass is 373 g/mol. The molecule has 0 amide bonds. The highest BCUT2D eigenvalue weighted by Crippen LogP contribution is 2.28. The Hall–Kier alpha value is -2.74. The van der Waals surface area contributed by atoms with Crippen LogP contribution in [0, 0.1) is 6.92 Å². The minimum atomic E-state index is -0.423. The van der Waals surface area contributed by atoms with Gasteiger partial charge in [-0.25, -0.2) is 0 Å². The zero-order chi connectivity index (χ0) is 18.7. The first-order valence-corrected chi connectivity index (χ1v) is 9.08. The Balaban J connectivity index is 2.02. The van der Waals surface area contributed by atoms with Gasteiger partial charge in [-0.2, -0.15) is 14.6 Å². The van der Waals surface area contributed by atoms with Crippen molar-refractivity contribution in [2.45, 2.75) is 26.7 Å². The number of rotatable bonds is 6. The Bertz CT molecular complexity index is 1100. The van der Waals surface area contributed by atoms with Gasteiger partial charge in [0, 0.05) is 0 Å². The Morgan fingerprint density at radius 1 is 1.27 bits per heavy atom. The number of hydrogen-bond acceptors (Lipinski definition) is 7. The third-order valence-corrected chi connectivity index (χ3v) is 4.74. The quantitative estimate of drug-likeness (QED) is 0.610. The van der Waals surface area contributed by atoms with Crippen molar-refractivity contribution in [3.63, 3.8) is 0 Å². The Morgan fingerprint density at radius 2 is 2.08 bits per heavy atom. The number of thiazole rings is 1. The van der Waals surface area contributed by atoms with E-state index in [0.29, 0.717) is 22.6 Å². The van der Waals surface area contributed by atoms with Crippen molar-refractivity contribution in [2.24, 2.45) is 0 Å². The van der Waals surface area contributed by atoms with Crippen molar-refractivity contribution >= 4 is 22.4 Å². The number of fused-ring (bicyclic) bond motifs is 1. The van der Waals surface area contributed by atoms with Gasteiger partial charge in [-0.3, -0.25) is 9.59 Å². The second kappa shape index (κ2) is 7.65. The summed E-state index contributed by atoms with van der Waals surface area (Å²) in [6, 6.07) is 5.48. The van der Waals surface area contributed by atoms with E-state index in [1.54, 1.807) is 19.3 Å². The number of unbranched alkanes of at least 4 members (excludes halogenated alkanes) is 1. The van der Waals surface area contributed by atoms with Crippen LogP contribution in [0.4, 0.5) is 0 Å². The van der Waals surface area contributed by atoms with Gasteiger partial charge in [-0.05, 0) is 37.1 Å². The summed E-state index contributed by atoms with van der Waals surface area (Å²) < 4.78 is 12.7. The van der Waals surface area contributed by atoms with Crippen LogP contribution in [-0.2, 0) is 0 Å². The van der Waals surface area contributed by atoms with Crippen LogP contribution in [0.5, 0.6) is 11.5 Å². The highest BCUT2D eigenvalue weighted by molar-refractivity contribution is 7.15. The Morgan fingerprint density at radius 3 is 2.81 bits per heavy atom. The van der Waals surface area contributed by atoms with Crippen LogP contribution >= 0.6 is 11.3 Å². The Labute approximate surface area is 153 Å². The fraction of sp³-hybridized carbons (Fsp3) is 0.333. The molecule has 0 fully saturated rings. The molecular weight excluding hydrogens is 354 g/mol. The molecule has 0 aliphatic carbocycles. The van der Waals surface area contributed by atoms with E-state index < -0.39 is 5.56 Å². The molecule has 3 rings (SSSR count). The molecule has 0 saturated carbocycles. The standard InChI is InChI=1S/C18H19N3O4S/c1-4-5-8-25-13-7-6-12(9-14(13)24-3)10-15-17(23)21-18(26-15)19-16(22)11(2)20-21/h6-7,9-10H,4-5,8H2,1-3H3. The average Bonchev–Trinajstić information content (AvgIpc) is 2.92. The molecule has 0 radical (unpaired) electrons. The van der Waals surface area contributed by atoms with E-state index in [9.17, 15) is 9.59 Å². The van der Waals surface area contributed by atoms with Crippen LogP contribution in [0.2, 0.25) is 0 Å². The van der Waals surface area contributed by atoms with Gasteiger partial charge < -0.3 is 9.47 Å². The fourth-order valence-corrected chi connectivity index (χ4v) is 3.26. The van der Waals surface area contributed by atoms with E-state index in [-0.39, 0.29) is 16.2 Å². The lowest BCUT2D eigenvalue weighted by atomic mass is 10.2. The smallest absolute Gasteiger partial charge is 0.295 e. The van der Waals surface area contributed by atoms with Gasteiger partial charge in [0.1, 0.15) is 5.69 Å². The van der Waals surface area contributed by atoms with Crippen LogP contribution in [-0.4, -0.2) is 28.3 Å². The first-order valence-electron chi connectivity index (χ1n) is 8.26. The molecule has 2 aromatic heterocycles. The molecule has 0 aliphatic rings. The maximum atomic E-state index is 12.5. The number of benzene rings is 1. The minimum absolute atomic E-state index is 0.194. The van der Waals surface area contributed by atoms with E-state index in [1.165, 1.54) is 6.92 Å². The third-order valence-electron chi connectivity index (χ3n) is 3.78. The minimum Gasteiger partial charge on any atom is -0.493 e. The first-order chi connectivity index (χ1) is 12.5. The summed E-state index contributed by atoms with van der Waals surface area (Å²) in [4.78, 5) is 28.3. The number of hydrogen-bond donors (Lipinski definition) is 0. The molecule has 2 heterocycles. The van der Waals surface area contributed by atoms with E-state index in [0.717, 1.165) is 34.3 Å². The maximum absolute atomic E-state index is 12.5. The molecule has 136 valence electrons. The summed E-state index contributed by atoms with van der Waals surface area (Å²) in [7, 11) is 1.58. The molecule has 8 heteroatoms. The number of methoxy groups -OCH3 is 1. The number of ether oxygens (including phenoxy) is 2. The maximum Gasteiger partial charge on any atom is 0.295 e. The van der Waals surface area contributed by atoms with Crippen molar-refractivity contribution in [3.8, 4) is 11.5 Å². The number of aromatic nitrogens is 3. The van der Waals surface area contributed by atoms with Gasteiger partial charge in [0.2, 0.25) is 4.96 Å². The van der Waals surface area contributed by atoms with Gasteiger partial charge in [-0.15, -0.1) is 0 Å². The topological polar surface area (TPSA) is 82.8 Å². The van der Waals surface area contributed by atoms with E-state index >= 15 is 0 Å². The van der Waals surface area contributed by atoms with Gasteiger partial charge in [-0.1, -0.05) is 30.7 Å². The zero-order valence-corrected chi connectivity index (χ0v) is 15.6. The summed E-state index contributed by atoms with van der Waals surface area (Å²) in [6.45, 7) is 4.26. The number of nitrogens with zero attached hydrogens (tertiary/aromatic N) is 3. The van der Waals surface area contributed by atoms with E-state index in [4.69, 9.17) is 9.47 Å². The van der Waals surface area contributed by atoms with Crippen molar-refractivity contribution < 1.29 is 9.47 Å². The van der Waals surface area contributed by atoms with Crippen molar-refractivity contribution in [1.29, 1.82) is 0 Å². The average molecular weight is 373 g/mol. The fourth-order valence-electron chi connectivity index (χ4n) is 2.36. The molecular formula is C18H19N3O4S. The van der Waals surface area contributed by atoms with Crippen LogP contribution < -0.4 is 25.1 Å². The van der Waals surface area contributed by atoms with Crippen LogP contribution in [0.1, 0.15) is 31.0 Å².